The van der Waals surface area contributed by atoms with E-state index >= 15 is 0 Å². The SMILES string of the molecule is CCC1CCCC1Nc1cc([N+](=O)[O-])c(C)cc1C. The molecule has 1 aromatic rings. The maximum Gasteiger partial charge on any atom is 0.274 e. The summed E-state index contributed by atoms with van der Waals surface area (Å²) in [6.45, 7) is 6.02. The van der Waals surface area contributed by atoms with Crippen LogP contribution in [0.2, 0.25) is 0 Å². The molecule has 0 saturated heterocycles. The zero-order valence-electron chi connectivity index (χ0n) is 11.9. The molecule has 2 atom stereocenters. The maximum atomic E-state index is 11.0. The highest BCUT2D eigenvalue weighted by molar-refractivity contribution is 5.60. The van der Waals surface area contributed by atoms with Crippen molar-refractivity contribution >= 4 is 11.4 Å². The normalized spacial score (nSPS) is 22.5. The standard InChI is InChI=1S/C15H22N2O2/c1-4-12-6-5-7-13(12)16-14-9-15(17(18)19)11(3)8-10(14)2/h8-9,12-13,16H,4-7H2,1-3H3. The molecular weight excluding hydrogens is 240 g/mol. The van der Waals surface area contributed by atoms with Gasteiger partial charge in [-0.15, -0.1) is 0 Å². The Kier molecular flexibility index (Phi) is 4.08. The molecule has 1 fully saturated rings. The average molecular weight is 262 g/mol. The van der Waals surface area contributed by atoms with E-state index in [1.165, 1.54) is 25.7 Å². The van der Waals surface area contributed by atoms with E-state index in [9.17, 15) is 10.1 Å². The van der Waals surface area contributed by atoms with E-state index in [1.54, 1.807) is 13.0 Å². The highest BCUT2D eigenvalue weighted by atomic mass is 16.6. The molecule has 4 heteroatoms. The van der Waals surface area contributed by atoms with Crippen LogP contribution in [0.4, 0.5) is 11.4 Å². The van der Waals surface area contributed by atoms with Crippen LogP contribution in [0, 0.1) is 29.9 Å². The summed E-state index contributed by atoms with van der Waals surface area (Å²) in [5.74, 6) is 0.694. The molecule has 0 radical (unpaired) electrons. The van der Waals surface area contributed by atoms with E-state index in [0.717, 1.165) is 16.8 Å². The van der Waals surface area contributed by atoms with Crippen molar-refractivity contribution in [1.82, 2.24) is 0 Å². The van der Waals surface area contributed by atoms with E-state index in [1.807, 2.05) is 13.0 Å². The highest BCUT2D eigenvalue weighted by Crippen LogP contribution is 2.33. The summed E-state index contributed by atoms with van der Waals surface area (Å²) in [6.07, 6.45) is 4.86. The zero-order valence-corrected chi connectivity index (χ0v) is 11.9. The van der Waals surface area contributed by atoms with E-state index < -0.39 is 0 Å². The largest absolute Gasteiger partial charge is 0.382 e. The molecule has 0 heterocycles. The minimum atomic E-state index is -0.300. The fourth-order valence-electron chi connectivity index (χ4n) is 3.11. The van der Waals surface area contributed by atoms with Crippen molar-refractivity contribution in [1.29, 1.82) is 0 Å². The monoisotopic (exact) mass is 262 g/mol. The predicted octanol–water partition coefficient (Wildman–Crippen LogP) is 4.20. The van der Waals surface area contributed by atoms with Crippen LogP contribution < -0.4 is 5.32 Å². The summed E-state index contributed by atoms with van der Waals surface area (Å²) in [5.41, 5.74) is 2.94. The van der Waals surface area contributed by atoms with Crippen LogP contribution in [0.15, 0.2) is 12.1 Å². The zero-order chi connectivity index (χ0) is 14.0. The fraction of sp³-hybridized carbons (Fsp3) is 0.600. The maximum absolute atomic E-state index is 11.0. The Morgan fingerprint density at radius 2 is 2.05 bits per heavy atom. The summed E-state index contributed by atoms with van der Waals surface area (Å²) in [7, 11) is 0. The third-order valence-corrected chi connectivity index (χ3v) is 4.26. The van der Waals surface area contributed by atoms with Gasteiger partial charge in [0.1, 0.15) is 0 Å². The molecule has 1 aliphatic carbocycles. The Bertz CT molecular complexity index is 485. The van der Waals surface area contributed by atoms with Gasteiger partial charge in [0.2, 0.25) is 0 Å². The van der Waals surface area contributed by atoms with Crippen LogP contribution in [-0.2, 0) is 0 Å². The number of nitro groups is 1. The summed E-state index contributed by atoms with van der Waals surface area (Å²) < 4.78 is 0. The second kappa shape index (κ2) is 5.59. The first-order valence-electron chi connectivity index (χ1n) is 7.05. The lowest BCUT2D eigenvalue weighted by molar-refractivity contribution is -0.385. The van der Waals surface area contributed by atoms with Gasteiger partial charge in [-0.3, -0.25) is 10.1 Å². The molecule has 0 bridgehead atoms. The summed E-state index contributed by atoms with van der Waals surface area (Å²) in [6, 6.07) is 4.05. The molecule has 0 aromatic heterocycles. The van der Waals surface area contributed by atoms with Gasteiger partial charge in [0.15, 0.2) is 0 Å². The van der Waals surface area contributed by atoms with Crippen molar-refractivity contribution in [2.45, 2.75) is 52.5 Å². The van der Waals surface area contributed by atoms with Crippen molar-refractivity contribution in [3.05, 3.63) is 33.4 Å². The van der Waals surface area contributed by atoms with Gasteiger partial charge in [-0.1, -0.05) is 19.8 Å². The smallest absolute Gasteiger partial charge is 0.274 e. The number of benzene rings is 1. The lowest BCUT2D eigenvalue weighted by Crippen LogP contribution is -2.24. The Balaban J connectivity index is 2.24. The van der Waals surface area contributed by atoms with E-state index in [0.29, 0.717) is 12.0 Å². The van der Waals surface area contributed by atoms with Crippen LogP contribution >= 0.6 is 0 Å². The van der Waals surface area contributed by atoms with Crippen LogP contribution in [0.3, 0.4) is 0 Å². The van der Waals surface area contributed by atoms with Crippen LogP contribution in [0.5, 0.6) is 0 Å². The second-order valence-electron chi connectivity index (χ2n) is 5.56. The van der Waals surface area contributed by atoms with Gasteiger partial charge in [-0.25, -0.2) is 0 Å². The Labute approximate surface area is 114 Å². The van der Waals surface area contributed by atoms with Crippen molar-refractivity contribution in [2.24, 2.45) is 5.92 Å². The van der Waals surface area contributed by atoms with Crippen molar-refractivity contribution < 1.29 is 4.92 Å². The van der Waals surface area contributed by atoms with Crippen LogP contribution in [0.25, 0.3) is 0 Å². The minimum absolute atomic E-state index is 0.208. The van der Waals surface area contributed by atoms with Crippen LogP contribution in [-0.4, -0.2) is 11.0 Å². The van der Waals surface area contributed by atoms with Gasteiger partial charge >= 0.3 is 0 Å². The first-order valence-corrected chi connectivity index (χ1v) is 7.05. The van der Waals surface area contributed by atoms with Crippen LogP contribution in [0.1, 0.15) is 43.7 Å². The third kappa shape index (κ3) is 2.88. The van der Waals surface area contributed by atoms with Gasteiger partial charge in [0.25, 0.3) is 5.69 Å². The molecule has 104 valence electrons. The molecule has 1 N–H and O–H groups in total. The van der Waals surface area contributed by atoms with E-state index in [2.05, 4.69) is 12.2 Å². The first-order chi connectivity index (χ1) is 9.02. The van der Waals surface area contributed by atoms with Crippen molar-refractivity contribution in [3.63, 3.8) is 0 Å². The molecule has 19 heavy (non-hydrogen) atoms. The van der Waals surface area contributed by atoms with Gasteiger partial charge in [0, 0.05) is 23.4 Å². The molecule has 1 aliphatic rings. The van der Waals surface area contributed by atoms with Gasteiger partial charge < -0.3 is 5.32 Å². The first kappa shape index (κ1) is 13.8. The van der Waals surface area contributed by atoms with Gasteiger partial charge in [-0.2, -0.15) is 0 Å². The van der Waals surface area contributed by atoms with E-state index in [4.69, 9.17) is 0 Å². The number of nitrogens with one attached hydrogen (secondary N) is 1. The number of aryl methyl sites for hydroxylation is 2. The quantitative estimate of drug-likeness (QED) is 0.653. The number of hydrogen-bond donors (Lipinski definition) is 1. The van der Waals surface area contributed by atoms with Gasteiger partial charge in [0.05, 0.1) is 4.92 Å². The molecule has 0 spiro atoms. The number of nitrogens with zero attached hydrogens (tertiary/aromatic N) is 1. The predicted molar refractivity (Wildman–Crippen MR) is 77.6 cm³/mol. The fourth-order valence-corrected chi connectivity index (χ4v) is 3.11. The Morgan fingerprint density at radius 3 is 2.68 bits per heavy atom. The summed E-state index contributed by atoms with van der Waals surface area (Å²) in [4.78, 5) is 10.7. The molecule has 1 aromatic carbocycles. The average Bonchev–Trinajstić information content (AvgIpc) is 2.79. The Hall–Kier alpha value is -1.58. The third-order valence-electron chi connectivity index (χ3n) is 4.26. The summed E-state index contributed by atoms with van der Waals surface area (Å²) >= 11 is 0. The number of rotatable bonds is 4. The molecule has 0 aliphatic heterocycles. The lowest BCUT2D eigenvalue weighted by Gasteiger charge is -2.22. The number of anilines is 1. The number of nitro benzene ring substituents is 1. The molecule has 2 rings (SSSR count). The second-order valence-corrected chi connectivity index (χ2v) is 5.56. The minimum Gasteiger partial charge on any atom is -0.382 e. The molecular formula is C15H22N2O2. The Morgan fingerprint density at radius 1 is 1.32 bits per heavy atom. The van der Waals surface area contributed by atoms with Crippen molar-refractivity contribution in [2.75, 3.05) is 5.32 Å². The topological polar surface area (TPSA) is 55.2 Å². The number of hydrogen-bond acceptors (Lipinski definition) is 3. The summed E-state index contributed by atoms with van der Waals surface area (Å²) in [5, 5.41) is 14.5. The highest BCUT2D eigenvalue weighted by Gasteiger charge is 2.26. The van der Waals surface area contributed by atoms with Gasteiger partial charge in [-0.05, 0) is 44.2 Å². The van der Waals surface area contributed by atoms with Crippen molar-refractivity contribution in [3.8, 4) is 0 Å². The lowest BCUT2D eigenvalue weighted by atomic mass is 9.99. The molecule has 4 nitrogen and oxygen atoms in total. The molecule has 0 amide bonds. The van der Waals surface area contributed by atoms with E-state index in [-0.39, 0.29) is 10.6 Å². The molecule has 1 saturated carbocycles. The molecule has 2 unspecified atom stereocenters.